The number of hydrogen-bond acceptors (Lipinski definition) is 5. The zero-order chi connectivity index (χ0) is 11.9. The third-order valence-corrected chi connectivity index (χ3v) is 2.94. The number of nitrogens with two attached hydrogens (primary N) is 1. The Morgan fingerprint density at radius 3 is 3.06 bits per heavy atom. The van der Waals surface area contributed by atoms with Gasteiger partial charge in [0.05, 0.1) is 13.2 Å². The van der Waals surface area contributed by atoms with E-state index in [1.165, 1.54) is 0 Å². The summed E-state index contributed by atoms with van der Waals surface area (Å²) >= 11 is 0. The molecule has 0 amide bonds. The Hall–Kier alpha value is -1.17. The normalized spacial score (nSPS) is 17.0. The van der Waals surface area contributed by atoms with Gasteiger partial charge in [0.25, 0.3) is 0 Å². The largest absolute Gasteiger partial charge is 0.381 e. The van der Waals surface area contributed by atoms with Crippen LogP contribution in [0, 0.1) is 5.92 Å². The summed E-state index contributed by atoms with van der Waals surface area (Å²) in [6.45, 7) is 3.14. The summed E-state index contributed by atoms with van der Waals surface area (Å²) in [6.07, 6.45) is 3.93. The van der Waals surface area contributed by atoms with Gasteiger partial charge in [-0.05, 0) is 36.5 Å². The van der Waals surface area contributed by atoms with Crippen molar-refractivity contribution in [1.29, 1.82) is 0 Å². The minimum atomic E-state index is 0.606. The topological polar surface area (TPSA) is 69.4 Å². The molecule has 0 bridgehead atoms. The maximum Gasteiger partial charge on any atom is 0.140 e. The number of ether oxygens (including phenoxy) is 2. The molecular formula is C12H19N3O2. The lowest BCUT2D eigenvalue weighted by atomic mass is 10.0. The quantitative estimate of drug-likeness (QED) is 0.597. The fraction of sp³-hybridized carbons (Fsp3) is 0.583. The Balaban J connectivity index is 1.73. The molecule has 5 heteroatoms. The molecule has 1 aliphatic rings. The summed E-state index contributed by atoms with van der Waals surface area (Å²) in [6, 6.07) is 3.83. The Morgan fingerprint density at radius 2 is 2.29 bits per heavy atom. The predicted molar refractivity (Wildman–Crippen MR) is 65.2 cm³/mol. The number of anilines is 1. The first-order valence-corrected chi connectivity index (χ1v) is 5.95. The van der Waals surface area contributed by atoms with E-state index >= 15 is 0 Å². The van der Waals surface area contributed by atoms with E-state index in [2.05, 4.69) is 10.4 Å². The molecule has 1 saturated heterocycles. The first kappa shape index (κ1) is 12.3. The van der Waals surface area contributed by atoms with Gasteiger partial charge in [-0.15, -0.1) is 0 Å². The molecule has 3 N–H and O–H groups in total. The lowest BCUT2D eigenvalue weighted by molar-refractivity contribution is 0.0157. The predicted octanol–water partition coefficient (Wildman–Crippen LogP) is 1.31. The fourth-order valence-electron chi connectivity index (χ4n) is 1.90. The molecule has 1 aromatic heterocycles. The van der Waals surface area contributed by atoms with Crippen molar-refractivity contribution in [2.45, 2.75) is 19.4 Å². The third kappa shape index (κ3) is 3.96. The van der Waals surface area contributed by atoms with E-state index in [1.54, 1.807) is 6.20 Å². The average Bonchev–Trinajstić information content (AvgIpc) is 2.40. The number of rotatable bonds is 5. The van der Waals surface area contributed by atoms with Gasteiger partial charge >= 0.3 is 0 Å². The van der Waals surface area contributed by atoms with Crippen LogP contribution in [-0.4, -0.2) is 24.8 Å². The van der Waals surface area contributed by atoms with Crippen molar-refractivity contribution in [3.63, 3.8) is 0 Å². The Labute approximate surface area is 101 Å². The minimum Gasteiger partial charge on any atom is -0.381 e. The maximum absolute atomic E-state index is 5.71. The van der Waals surface area contributed by atoms with Crippen molar-refractivity contribution in [2.75, 3.05) is 25.2 Å². The Bertz CT molecular complexity index is 340. The lowest BCUT2D eigenvalue weighted by Gasteiger charge is -2.21. The first-order valence-electron chi connectivity index (χ1n) is 5.95. The second kappa shape index (κ2) is 6.54. The molecule has 0 saturated carbocycles. The highest BCUT2D eigenvalue weighted by Gasteiger charge is 2.13. The highest BCUT2D eigenvalue weighted by Crippen LogP contribution is 2.15. The molecule has 0 spiro atoms. The lowest BCUT2D eigenvalue weighted by Crippen LogP contribution is -2.20. The van der Waals surface area contributed by atoms with Crippen LogP contribution in [0.2, 0.25) is 0 Å². The van der Waals surface area contributed by atoms with E-state index in [0.29, 0.717) is 18.3 Å². The van der Waals surface area contributed by atoms with E-state index < -0.39 is 0 Å². The summed E-state index contributed by atoms with van der Waals surface area (Å²) in [4.78, 5) is 4.05. The van der Waals surface area contributed by atoms with Gasteiger partial charge in [0.15, 0.2) is 0 Å². The standard InChI is InChI=1S/C12H19N3O2/c13-15-12-7-11(1-4-14-12)9-17-8-10-2-5-16-6-3-10/h1,4,7,10H,2-3,5-6,8-9,13H2,(H,14,15). The van der Waals surface area contributed by atoms with Gasteiger partial charge in [0.1, 0.15) is 5.82 Å². The van der Waals surface area contributed by atoms with Gasteiger partial charge in [0, 0.05) is 19.4 Å². The van der Waals surface area contributed by atoms with E-state index in [0.717, 1.165) is 38.2 Å². The van der Waals surface area contributed by atoms with Gasteiger partial charge in [-0.2, -0.15) is 0 Å². The average molecular weight is 237 g/mol. The van der Waals surface area contributed by atoms with Crippen molar-refractivity contribution in [2.24, 2.45) is 11.8 Å². The minimum absolute atomic E-state index is 0.606. The van der Waals surface area contributed by atoms with Gasteiger partial charge in [0.2, 0.25) is 0 Å². The molecule has 94 valence electrons. The molecule has 1 aromatic rings. The van der Waals surface area contributed by atoms with Crippen molar-refractivity contribution < 1.29 is 9.47 Å². The zero-order valence-electron chi connectivity index (χ0n) is 9.89. The molecule has 0 aromatic carbocycles. The maximum atomic E-state index is 5.71. The second-order valence-corrected chi connectivity index (χ2v) is 4.26. The number of nitrogens with one attached hydrogen (secondary N) is 1. The highest BCUT2D eigenvalue weighted by atomic mass is 16.5. The van der Waals surface area contributed by atoms with Crippen molar-refractivity contribution >= 4 is 5.82 Å². The molecular weight excluding hydrogens is 218 g/mol. The number of nitrogen functional groups attached to an aromatic ring is 1. The number of hydrogen-bond donors (Lipinski definition) is 2. The van der Waals surface area contributed by atoms with Crippen molar-refractivity contribution in [1.82, 2.24) is 4.98 Å². The van der Waals surface area contributed by atoms with Crippen LogP contribution in [0.1, 0.15) is 18.4 Å². The molecule has 2 rings (SSSR count). The van der Waals surface area contributed by atoms with Crippen LogP contribution in [0.5, 0.6) is 0 Å². The molecule has 17 heavy (non-hydrogen) atoms. The molecule has 1 aliphatic heterocycles. The molecule has 0 aliphatic carbocycles. The van der Waals surface area contributed by atoms with E-state index in [4.69, 9.17) is 15.3 Å². The number of aromatic nitrogens is 1. The van der Waals surface area contributed by atoms with Crippen LogP contribution in [0.4, 0.5) is 5.82 Å². The van der Waals surface area contributed by atoms with Crippen LogP contribution in [-0.2, 0) is 16.1 Å². The van der Waals surface area contributed by atoms with Crippen molar-refractivity contribution in [3.05, 3.63) is 23.9 Å². The SMILES string of the molecule is NNc1cc(COCC2CCOCC2)ccn1. The highest BCUT2D eigenvalue weighted by molar-refractivity contribution is 5.35. The van der Waals surface area contributed by atoms with E-state index in [9.17, 15) is 0 Å². The fourth-order valence-corrected chi connectivity index (χ4v) is 1.90. The van der Waals surface area contributed by atoms with E-state index in [-0.39, 0.29) is 0 Å². The van der Waals surface area contributed by atoms with Gasteiger partial charge < -0.3 is 14.9 Å². The van der Waals surface area contributed by atoms with E-state index in [1.807, 2.05) is 12.1 Å². The summed E-state index contributed by atoms with van der Waals surface area (Å²) in [7, 11) is 0. The summed E-state index contributed by atoms with van der Waals surface area (Å²) in [5, 5.41) is 0. The first-order chi connectivity index (χ1) is 8.38. The number of pyridine rings is 1. The van der Waals surface area contributed by atoms with Crippen molar-refractivity contribution in [3.8, 4) is 0 Å². The van der Waals surface area contributed by atoms with Crippen LogP contribution < -0.4 is 11.3 Å². The Kier molecular flexibility index (Phi) is 4.73. The number of nitrogens with zero attached hydrogens (tertiary/aromatic N) is 1. The number of hydrazine groups is 1. The Morgan fingerprint density at radius 1 is 1.47 bits per heavy atom. The molecule has 0 unspecified atom stereocenters. The monoisotopic (exact) mass is 237 g/mol. The zero-order valence-corrected chi connectivity index (χ0v) is 9.89. The van der Waals surface area contributed by atoms with Crippen LogP contribution in [0.25, 0.3) is 0 Å². The van der Waals surface area contributed by atoms with Crippen LogP contribution in [0.3, 0.4) is 0 Å². The summed E-state index contributed by atoms with van der Waals surface area (Å²) in [5.74, 6) is 6.60. The molecule has 1 fully saturated rings. The summed E-state index contributed by atoms with van der Waals surface area (Å²) in [5.41, 5.74) is 3.61. The molecule has 0 radical (unpaired) electrons. The van der Waals surface area contributed by atoms with Gasteiger partial charge in [-0.25, -0.2) is 10.8 Å². The third-order valence-electron chi connectivity index (χ3n) is 2.94. The molecule has 5 nitrogen and oxygen atoms in total. The second-order valence-electron chi connectivity index (χ2n) is 4.26. The molecule has 2 heterocycles. The smallest absolute Gasteiger partial charge is 0.140 e. The molecule has 0 atom stereocenters. The van der Waals surface area contributed by atoms with Crippen LogP contribution in [0.15, 0.2) is 18.3 Å². The van der Waals surface area contributed by atoms with Gasteiger partial charge in [-0.1, -0.05) is 0 Å². The van der Waals surface area contributed by atoms with Gasteiger partial charge in [-0.3, -0.25) is 0 Å². The van der Waals surface area contributed by atoms with Crippen LogP contribution >= 0.6 is 0 Å². The summed E-state index contributed by atoms with van der Waals surface area (Å²) < 4.78 is 11.0.